The number of aliphatic carboxylic acids is 1. The van der Waals surface area contributed by atoms with E-state index in [1.54, 1.807) is 0 Å². The summed E-state index contributed by atoms with van der Waals surface area (Å²) in [5, 5.41) is 11.8. The Morgan fingerprint density at radius 3 is 2.29 bits per heavy atom. The normalized spacial score (nSPS) is 13.5. The summed E-state index contributed by atoms with van der Waals surface area (Å²) in [6, 6.07) is 1.65. The molecule has 1 unspecified atom stereocenters. The highest BCUT2D eigenvalue weighted by molar-refractivity contribution is 8.01. The number of rotatable bonds is 8. The quantitative estimate of drug-likeness (QED) is 0.288. The first-order valence-corrected chi connectivity index (χ1v) is 11.2. The van der Waals surface area contributed by atoms with E-state index in [1.165, 1.54) is 20.8 Å². The zero-order chi connectivity index (χ0) is 26.9. The fourth-order valence-electron chi connectivity index (χ4n) is 3.22. The number of carbonyl (C=O) groups excluding carboxylic acids is 2. The second kappa shape index (κ2) is 10.4. The smallest absolute Gasteiger partial charge is 0.431 e. The fraction of sp³-hybridized carbons (Fsp3) is 0.429. The molecule has 0 bridgehead atoms. The molecule has 1 aromatic carbocycles. The second-order valence-corrected chi connectivity index (χ2v) is 9.47. The van der Waals surface area contributed by atoms with Crippen LogP contribution in [0.3, 0.4) is 0 Å². The third-order valence-electron chi connectivity index (χ3n) is 5.14. The van der Waals surface area contributed by atoms with Gasteiger partial charge in [-0.3, -0.25) is 14.2 Å². The molecule has 35 heavy (non-hydrogen) atoms. The van der Waals surface area contributed by atoms with Gasteiger partial charge in [-0.15, -0.1) is 11.8 Å². The molecule has 0 N–H and O–H groups in total. The first-order valence-electron chi connectivity index (χ1n) is 10.0. The number of carbonyl (C=O) groups is 2. The van der Waals surface area contributed by atoms with Crippen molar-refractivity contribution in [2.75, 3.05) is 6.61 Å². The number of hydrogen-bond acceptors (Lipinski definition) is 7. The largest absolute Gasteiger partial charge is 0.549 e. The summed E-state index contributed by atoms with van der Waals surface area (Å²) >= 11 is 6.60. The minimum atomic E-state index is -5.02. The summed E-state index contributed by atoms with van der Waals surface area (Å²) in [5.74, 6) is -4.50. The number of alkyl halides is 3. The average Bonchev–Trinajstić information content (AvgIpc) is 2.72. The van der Waals surface area contributed by atoms with Crippen LogP contribution < -0.4 is 16.4 Å². The van der Waals surface area contributed by atoms with E-state index in [9.17, 15) is 41.8 Å². The second-order valence-electron chi connectivity index (χ2n) is 7.69. The van der Waals surface area contributed by atoms with Gasteiger partial charge in [0, 0.05) is 18.0 Å². The van der Waals surface area contributed by atoms with Crippen LogP contribution in [0.15, 0.2) is 32.7 Å². The molecule has 0 aliphatic carbocycles. The van der Waals surface area contributed by atoms with Crippen LogP contribution in [0.2, 0.25) is 5.02 Å². The van der Waals surface area contributed by atoms with Crippen molar-refractivity contribution in [3.8, 4) is 5.69 Å². The van der Waals surface area contributed by atoms with Gasteiger partial charge in [0.15, 0.2) is 0 Å². The maximum Gasteiger partial charge on any atom is 0.431 e. The Morgan fingerprint density at radius 2 is 1.80 bits per heavy atom. The number of thioether (sulfide) groups is 1. The highest BCUT2D eigenvalue weighted by Crippen LogP contribution is 2.45. The van der Waals surface area contributed by atoms with Gasteiger partial charge in [0.05, 0.1) is 34.5 Å². The Bertz CT molecular complexity index is 1270. The summed E-state index contributed by atoms with van der Waals surface area (Å²) in [7, 11) is 0.754. The van der Waals surface area contributed by atoms with Crippen LogP contribution in [0.1, 0.15) is 32.9 Å². The molecule has 14 heteroatoms. The summed E-state index contributed by atoms with van der Waals surface area (Å²) in [6.07, 6.45) is -5.68. The Labute approximate surface area is 205 Å². The number of aromatic nitrogens is 2. The molecule has 2 aromatic rings. The van der Waals surface area contributed by atoms with E-state index in [2.05, 4.69) is 0 Å². The molecule has 0 fully saturated rings. The van der Waals surface area contributed by atoms with Crippen molar-refractivity contribution in [2.24, 2.45) is 13.0 Å². The number of esters is 1. The van der Waals surface area contributed by atoms with Crippen molar-refractivity contribution < 1.29 is 37.0 Å². The number of halogens is 5. The van der Waals surface area contributed by atoms with Crippen molar-refractivity contribution >= 4 is 35.3 Å². The minimum absolute atomic E-state index is 0.0215. The molecule has 0 radical (unpaired) electrons. The number of benzene rings is 1. The van der Waals surface area contributed by atoms with Gasteiger partial charge < -0.3 is 14.6 Å². The molecule has 0 amide bonds. The van der Waals surface area contributed by atoms with Gasteiger partial charge in [-0.2, -0.15) is 13.2 Å². The molecule has 2 rings (SSSR count). The zero-order valence-electron chi connectivity index (χ0n) is 18.9. The number of nitrogens with zero attached hydrogens (tertiary/aromatic N) is 2. The maximum atomic E-state index is 14.8. The predicted molar refractivity (Wildman–Crippen MR) is 117 cm³/mol. The van der Waals surface area contributed by atoms with Gasteiger partial charge in [-0.25, -0.2) is 13.8 Å². The third kappa shape index (κ3) is 5.72. The van der Waals surface area contributed by atoms with E-state index < -0.39 is 63.6 Å². The van der Waals surface area contributed by atoms with E-state index in [0.717, 1.165) is 13.1 Å². The van der Waals surface area contributed by atoms with Gasteiger partial charge in [0.25, 0.3) is 5.56 Å². The highest BCUT2D eigenvalue weighted by atomic mass is 35.5. The number of carboxylic acids is 1. The Morgan fingerprint density at radius 1 is 1.20 bits per heavy atom. The van der Waals surface area contributed by atoms with Crippen LogP contribution in [0.5, 0.6) is 0 Å². The Kier molecular flexibility index (Phi) is 8.48. The van der Waals surface area contributed by atoms with Crippen LogP contribution in [0, 0.1) is 11.7 Å². The van der Waals surface area contributed by atoms with Crippen molar-refractivity contribution in [2.45, 2.75) is 43.0 Å². The van der Waals surface area contributed by atoms with Crippen LogP contribution >= 0.6 is 23.4 Å². The maximum absolute atomic E-state index is 14.8. The highest BCUT2D eigenvalue weighted by Gasteiger charge is 2.41. The number of hydrogen-bond donors (Lipinski definition) is 0. The van der Waals surface area contributed by atoms with Gasteiger partial charge in [0.2, 0.25) is 0 Å². The molecule has 1 aromatic heterocycles. The molecular weight excluding hydrogens is 520 g/mol. The standard InChI is InChI=1S/C21H21ClF4N2O6S/c1-5-34-17(30)9-20(10(2)3,18(31)32)35-14-7-13(12(23)6-11(14)22)28-16(29)8-15(21(24,25)26)27(4)19(28)33/h6-8,10H,5,9H2,1-4H3,(H,31,32)/p-1. The number of ether oxygens (including phenoxy) is 1. The molecule has 0 aliphatic heterocycles. The topological polar surface area (TPSA) is 110 Å². The fourth-order valence-corrected chi connectivity index (χ4v) is 4.71. The monoisotopic (exact) mass is 539 g/mol. The van der Waals surface area contributed by atoms with Crippen molar-refractivity contribution in [1.29, 1.82) is 0 Å². The lowest BCUT2D eigenvalue weighted by atomic mass is 9.91. The summed E-state index contributed by atoms with van der Waals surface area (Å²) in [4.78, 5) is 49.1. The van der Waals surface area contributed by atoms with Gasteiger partial charge >= 0.3 is 17.8 Å². The Hall–Kier alpha value is -2.80. The number of carboxylic acid groups (broad SMARTS) is 1. The van der Waals surface area contributed by atoms with Gasteiger partial charge in [0.1, 0.15) is 11.5 Å². The summed E-state index contributed by atoms with van der Waals surface area (Å²) in [6.45, 7) is 4.46. The van der Waals surface area contributed by atoms with Crippen molar-refractivity contribution in [1.82, 2.24) is 9.13 Å². The van der Waals surface area contributed by atoms with E-state index in [1.807, 2.05) is 0 Å². The lowest BCUT2D eigenvalue weighted by Crippen LogP contribution is -2.51. The van der Waals surface area contributed by atoms with E-state index in [0.29, 0.717) is 17.8 Å². The van der Waals surface area contributed by atoms with Gasteiger partial charge in [-0.05, 0) is 25.0 Å². The molecule has 0 spiro atoms. The SMILES string of the molecule is CCOC(=O)CC(Sc1cc(-n2c(=O)cc(C(F)(F)F)n(C)c2=O)c(F)cc1Cl)(C(=O)[O-])C(C)C. The summed E-state index contributed by atoms with van der Waals surface area (Å²) < 4.78 is 57.3. The van der Waals surface area contributed by atoms with Crippen LogP contribution in [0.25, 0.3) is 5.69 Å². The molecule has 192 valence electrons. The average molecular weight is 540 g/mol. The van der Waals surface area contributed by atoms with E-state index in [-0.39, 0.29) is 31.7 Å². The van der Waals surface area contributed by atoms with Crippen molar-refractivity contribution in [3.63, 3.8) is 0 Å². The van der Waals surface area contributed by atoms with Gasteiger partial charge in [-0.1, -0.05) is 25.4 Å². The van der Waals surface area contributed by atoms with Crippen LogP contribution in [-0.4, -0.2) is 32.4 Å². The molecule has 8 nitrogen and oxygen atoms in total. The molecule has 0 saturated carbocycles. The van der Waals surface area contributed by atoms with E-state index >= 15 is 0 Å². The first kappa shape index (κ1) is 28.4. The first-order chi connectivity index (χ1) is 16.1. The molecule has 1 heterocycles. The lowest BCUT2D eigenvalue weighted by molar-refractivity contribution is -0.310. The third-order valence-corrected chi connectivity index (χ3v) is 7.26. The predicted octanol–water partition coefficient (Wildman–Crippen LogP) is 2.54. The van der Waals surface area contributed by atoms with Crippen LogP contribution in [-0.2, 0) is 27.5 Å². The van der Waals surface area contributed by atoms with E-state index in [4.69, 9.17) is 16.3 Å². The summed E-state index contributed by atoms with van der Waals surface area (Å²) in [5.41, 5.74) is -5.27. The van der Waals surface area contributed by atoms with Crippen LogP contribution in [0.4, 0.5) is 17.6 Å². The minimum Gasteiger partial charge on any atom is -0.549 e. The Balaban J connectivity index is 2.75. The molecule has 1 atom stereocenters. The molecular formula is C21H20ClF4N2O6S-. The zero-order valence-corrected chi connectivity index (χ0v) is 20.4. The lowest BCUT2D eigenvalue weighted by Gasteiger charge is -2.37. The molecule has 0 aliphatic rings. The molecule has 0 saturated heterocycles. The van der Waals surface area contributed by atoms with Crippen molar-refractivity contribution in [3.05, 3.63) is 55.6 Å².